The lowest BCUT2D eigenvalue weighted by atomic mass is 9.94. The van der Waals surface area contributed by atoms with Crippen molar-refractivity contribution in [1.82, 2.24) is 0 Å². The molecule has 5 heteroatoms. The molecule has 2 atom stereocenters. The van der Waals surface area contributed by atoms with E-state index in [1.165, 1.54) is 12.1 Å². The molecule has 5 rings (SSSR count). The van der Waals surface area contributed by atoms with E-state index in [1.807, 2.05) is 19.1 Å². The molecule has 0 spiro atoms. The SMILES string of the molecule is CC1([C@H]2Cc3c(ccc4c(O)c5c(O)cc(O)cc5cc34)O2)CO1. The molecular weight excluding hydrogens is 308 g/mol. The van der Waals surface area contributed by atoms with Gasteiger partial charge in [0.2, 0.25) is 0 Å². The number of rotatable bonds is 1. The zero-order valence-corrected chi connectivity index (χ0v) is 13.0. The number of ether oxygens (including phenoxy) is 2. The number of epoxide rings is 1. The van der Waals surface area contributed by atoms with E-state index in [2.05, 4.69) is 0 Å². The molecule has 0 bridgehead atoms. The summed E-state index contributed by atoms with van der Waals surface area (Å²) in [5, 5.41) is 32.9. The third-order valence-corrected chi connectivity index (χ3v) is 5.18. The highest BCUT2D eigenvalue weighted by molar-refractivity contribution is 6.09. The van der Waals surface area contributed by atoms with Crippen molar-refractivity contribution in [3.8, 4) is 23.0 Å². The second kappa shape index (κ2) is 4.24. The number of hydrogen-bond acceptors (Lipinski definition) is 5. The fourth-order valence-corrected chi connectivity index (χ4v) is 3.65. The minimum atomic E-state index is -0.235. The molecule has 0 saturated carbocycles. The van der Waals surface area contributed by atoms with Gasteiger partial charge in [-0.1, -0.05) is 0 Å². The average Bonchev–Trinajstić information content (AvgIpc) is 3.11. The normalized spacial score (nSPS) is 25.0. The van der Waals surface area contributed by atoms with E-state index in [1.54, 1.807) is 6.07 Å². The first-order chi connectivity index (χ1) is 11.5. The van der Waals surface area contributed by atoms with Gasteiger partial charge in [-0.15, -0.1) is 0 Å². The van der Waals surface area contributed by atoms with Crippen LogP contribution in [0, 0.1) is 0 Å². The predicted molar refractivity (Wildman–Crippen MR) is 88.9 cm³/mol. The summed E-state index contributed by atoms with van der Waals surface area (Å²) in [7, 11) is 0. The third kappa shape index (κ3) is 1.73. The summed E-state index contributed by atoms with van der Waals surface area (Å²) in [6, 6.07) is 8.29. The van der Waals surface area contributed by atoms with Crippen molar-refractivity contribution < 1.29 is 24.8 Å². The molecule has 24 heavy (non-hydrogen) atoms. The van der Waals surface area contributed by atoms with E-state index >= 15 is 0 Å². The first-order valence-electron chi connectivity index (χ1n) is 7.90. The number of phenolic OH excluding ortho intramolecular Hbond substituents is 3. The van der Waals surface area contributed by atoms with Crippen LogP contribution in [0.15, 0.2) is 30.3 Å². The van der Waals surface area contributed by atoms with Crippen LogP contribution in [0.4, 0.5) is 0 Å². The van der Waals surface area contributed by atoms with Crippen LogP contribution < -0.4 is 4.74 Å². The second-order valence-electron chi connectivity index (χ2n) is 6.84. The van der Waals surface area contributed by atoms with Crippen molar-refractivity contribution in [2.75, 3.05) is 6.61 Å². The van der Waals surface area contributed by atoms with Gasteiger partial charge < -0.3 is 24.8 Å². The Balaban J connectivity index is 1.78. The van der Waals surface area contributed by atoms with Gasteiger partial charge in [-0.25, -0.2) is 0 Å². The molecule has 3 aromatic rings. The van der Waals surface area contributed by atoms with Crippen LogP contribution in [0.5, 0.6) is 23.0 Å². The summed E-state index contributed by atoms with van der Waals surface area (Å²) in [6.07, 6.45) is 0.673. The fraction of sp³-hybridized carbons (Fsp3) is 0.263. The van der Waals surface area contributed by atoms with Crippen LogP contribution in [0.25, 0.3) is 21.5 Å². The molecule has 0 aromatic heterocycles. The molecule has 2 aliphatic heterocycles. The molecule has 5 nitrogen and oxygen atoms in total. The highest BCUT2D eigenvalue weighted by Gasteiger charge is 2.51. The fourth-order valence-electron chi connectivity index (χ4n) is 3.65. The Hall–Kier alpha value is -2.66. The van der Waals surface area contributed by atoms with E-state index in [0.29, 0.717) is 29.2 Å². The van der Waals surface area contributed by atoms with E-state index in [4.69, 9.17) is 9.47 Å². The number of fused-ring (bicyclic) bond motifs is 4. The van der Waals surface area contributed by atoms with Crippen molar-refractivity contribution in [2.45, 2.75) is 25.0 Å². The van der Waals surface area contributed by atoms with Crippen LogP contribution >= 0.6 is 0 Å². The summed E-state index contributed by atoms with van der Waals surface area (Å²) < 4.78 is 11.5. The molecule has 2 aliphatic rings. The Bertz CT molecular complexity index is 1020. The maximum atomic E-state index is 10.6. The van der Waals surface area contributed by atoms with Crippen molar-refractivity contribution >= 4 is 21.5 Å². The number of phenols is 3. The van der Waals surface area contributed by atoms with Crippen LogP contribution in [0.2, 0.25) is 0 Å². The molecule has 1 unspecified atom stereocenters. The van der Waals surface area contributed by atoms with Gasteiger partial charge in [0.25, 0.3) is 0 Å². The Kier molecular flexibility index (Phi) is 2.43. The average molecular weight is 324 g/mol. The molecule has 2 heterocycles. The quantitative estimate of drug-likeness (QED) is 0.473. The van der Waals surface area contributed by atoms with Gasteiger partial charge in [0.1, 0.15) is 34.7 Å². The van der Waals surface area contributed by atoms with Gasteiger partial charge in [0.05, 0.1) is 12.0 Å². The summed E-state index contributed by atoms with van der Waals surface area (Å²) in [5.74, 6) is 0.629. The van der Waals surface area contributed by atoms with Gasteiger partial charge in [-0.2, -0.15) is 0 Å². The molecule has 0 aliphatic carbocycles. The van der Waals surface area contributed by atoms with Crippen LogP contribution in [-0.4, -0.2) is 33.6 Å². The Morgan fingerprint density at radius 1 is 1.08 bits per heavy atom. The lowest BCUT2D eigenvalue weighted by molar-refractivity contribution is 0.127. The number of benzene rings is 3. The molecular formula is C19H16O5. The van der Waals surface area contributed by atoms with Crippen LogP contribution in [0.1, 0.15) is 12.5 Å². The zero-order valence-electron chi connectivity index (χ0n) is 13.0. The Morgan fingerprint density at radius 3 is 2.62 bits per heavy atom. The summed E-state index contributed by atoms with van der Waals surface area (Å²) in [4.78, 5) is 0. The maximum absolute atomic E-state index is 10.6. The smallest absolute Gasteiger partial charge is 0.134 e. The van der Waals surface area contributed by atoms with Crippen LogP contribution in [0.3, 0.4) is 0 Å². The summed E-state index contributed by atoms with van der Waals surface area (Å²) in [6.45, 7) is 2.73. The van der Waals surface area contributed by atoms with E-state index in [-0.39, 0.29) is 29.0 Å². The van der Waals surface area contributed by atoms with Crippen molar-refractivity contribution in [3.05, 3.63) is 35.9 Å². The van der Waals surface area contributed by atoms with E-state index < -0.39 is 0 Å². The molecule has 122 valence electrons. The summed E-state index contributed by atoms with van der Waals surface area (Å²) >= 11 is 0. The molecule has 0 amide bonds. The monoisotopic (exact) mass is 324 g/mol. The first kappa shape index (κ1) is 13.7. The lowest BCUT2D eigenvalue weighted by Crippen LogP contribution is -2.30. The number of aromatic hydroxyl groups is 3. The van der Waals surface area contributed by atoms with Gasteiger partial charge in [0.15, 0.2) is 0 Å². The lowest BCUT2D eigenvalue weighted by Gasteiger charge is -2.13. The zero-order chi connectivity index (χ0) is 16.6. The third-order valence-electron chi connectivity index (χ3n) is 5.18. The van der Waals surface area contributed by atoms with Crippen molar-refractivity contribution in [3.63, 3.8) is 0 Å². The van der Waals surface area contributed by atoms with Gasteiger partial charge >= 0.3 is 0 Å². The molecule has 1 fully saturated rings. The highest BCUT2D eigenvalue weighted by atomic mass is 16.6. The second-order valence-corrected chi connectivity index (χ2v) is 6.84. The molecule has 1 saturated heterocycles. The topological polar surface area (TPSA) is 82.5 Å². The standard InChI is InChI=1S/C19H16O5/c1-19(8-23-19)16-7-13-12-5-9-4-10(20)6-14(21)17(9)18(22)11(12)2-3-15(13)24-16/h2-6,16,20-22H,7-8H2,1H3/t16-,19?/m1/s1. The molecule has 3 aromatic carbocycles. The molecule has 3 N–H and O–H groups in total. The number of hydrogen-bond donors (Lipinski definition) is 3. The minimum absolute atomic E-state index is 0.0140. The van der Waals surface area contributed by atoms with Crippen LogP contribution in [-0.2, 0) is 11.2 Å². The van der Waals surface area contributed by atoms with Crippen molar-refractivity contribution in [1.29, 1.82) is 0 Å². The minimum Gasteiger partial charge on any atom is -0.508 e. The first-order valence-corrected chi connectivity index (χ1v) is 7.90. The largest absolute Gasteiger partial charge is 0.508 e. The summed E-state index contributed by atoms with van der Waals surface area (Å²) in [5.41, 5.74) is 0.787. The van der Waals surface area contributed by atoms with Gasteiger partial charge in [0, 0.05) is 23.4 Å². The van der Waals surface area contributed by atoms with E-state index in [0.717, 1.165) is 16.7 Å². The van der Waals surface area contributed by atoms with E-state index in [9.17, 15) is 15.3 Å². The van der Waals surface area contributed by atoms with Gasteiger partial charge in [-0.05, 0) is 42.0 Å². The van der Waals surface area contributed by atoms with Gasteiger partial charge in [-0.3, -0.25) is 0 Å². The maximum Gasteiger partial charge on any atom is 0.134 e. The highest BCUT2D eigenvalue weighted by Crippen LogP contribution is 2.47. The predicted octanol–water partition coefficient (Wildman–Crippen LogP) is 3.20. The molecule has 0 radical (unpaired) electrons. The van der Waals surface area contributed by atoms with Crippen molar-refractivity contribution in [2.24, 2.45) is 0 Å². The Morgan fingerprint density at radius 2 is 1.88 bits per heavy atom. The Labute approximate surface area is 137 Å².